The zero-order valence-electron chi connectivity index (χ0n) is 27.5. The lowest BCUT2D eigenvalue weighted by Gasteiger charge is -2.46. The fraction of sp³-hybridized carbons (Fsp3) is 0.545. The van der Waals surface area contributed by atoms with Crippen molar-refractivity contribution in [1.82, 2.24) is 15.1 Å². The lowest BCUT2D eigenvalue weighted by molar-refractivity contribution is -0.376. The molecule has 264 valence electrons. The van der Waals surface area contributed by atoms with E-state index in [1.165, 1.54) is 4.90 Å². The molecule has 0 saturated carbocycles. The molecule has 2 saturated heterocycles. The van der Waals surface area contributed by atoms with Gasteiger partial charge in [0.05, 0.1) is 6.10 Å². The molecule has 2 aromatic carbocycles. The van der Waals surface area contributed by atoms with Crippen molar-refractivity contribution in [3.8, 4) is 5.75 Å². The van der Waals surface area contributed by atoms with Gasteiger partial charge in [-0.3, -0.25) is 14.5 Å². The maximum Gasteiger partial charge on any atom is 0.430 e. The number of aliphatic hydroxyl groups is 1. The molecule has 0 aromatic heterocycles. The zero-order valence-corrected chi connectivity index (χ0v) is 27.5. The minimum absolute atomic E-state index is 0.0951. The van der Waals surface area contributed by atoms with Crippen molar-refractivity contribution in [1.29, 1.82) is 0 Å². The average molecular weight is 687 g/mol. The van der Waals surface area contributed by atoms with Gasteiger partial charge < -0.3 is 25.0 Å². The van der Waals surface area contributed by atoms with Gasteiger partial charge in [0, 0.05) is 36.4 Å². The Bertz CT molecular complexity index is 1530. The average Bonchev–Trinajstić information content (AvgIpc) is 3.20. The van der Waals surface area contributed by atoms with E-state index in [-0.39, 0.29) is 31.2 Å². The predicted molar refractivity (Wildman–Crippen MR) is 164 cm³/mol. The number of nitrogens with zero attached hydrogens (tertiary/aromatic N) is 3. The first kappa shape index (κ1) is 36.8. The normalized spacial score (nSPS) is 22.4. The minimum atomic E-state index is -6.01. The Labute approximate surface area is 274 Å². The number of rotatable bonds is 9. The smallest absolute Gasteiger partial charge is 0.430 e. The van der Waals surface area contributed by atoms with Crippen LogP contribution in [-0.4, -0.2) is 82.9 Å². The number of alkyl halides is 6. The molecule has 48 heavy (non-hydrogen) atoms. The van der Waals surface area contributed by atoms with Crippen LogP contribution in [0.4, 0.5) is 36.8 Å². The standard InChI is InChI=1S/C33H40F6N4O5/c1-7-9-22-14-24(31(47,32(34,35)36)33(37,38)39)12-13-26(22)41-16-21(5)42(17-20(41)4)27(44)18-43-28(45)30(6,40-29(43)46)23-10-8-11-25(15-23)48-19(2)3/h8,10-15,19-21,47H,7,9,16-18H2,1-6H3,(H,40,46)/t20-,21+,30?/m0/s1. The van der Waals surface area contributed by atoms with E-state index < -0.39 is 65.5 Å². The first-order valence-corrected chi connectivity index (χ1v) is 15.6. The van der Waals surface area contributed by atoms with Gasteiger partial charge in [-0.15, -0.1) is 0 Å². The number of carbonyl (C=O) groups is 3. The molecule has 9 nitrogen and oxygen atoms in total. The second kappa shape index (κ2) is 13.1. The number of aryl methyl sites for hydroxylation is 1. The summed E-state index contributed by atoms with van der Waals surface area (Å²) in [7, 11) is 0. The first-order valence-electron chi connectivity index (χ1n) is 15.6. The third kappa shape index (κ3) is 6.65. The number of halogens is 6. The highest BCUT2D eigenvalue weighted by Crippen LogP contribution is 2.50. The van der Waals surface area contributed by atoms with Crippen molar-refractivity contribution in [2.24, 2.45) is 0 Å². The Morgan fingerprint density at radius 3 is 2.25 bits per heavy atom. The van der Waals surface area contributed by atoms with Crippen LogP contribution in [0.5, 0.6) is 5.75 Å². The highest BCUT2D eigenvalue weighted by molar-refractivity contribution is 6.09. The fourth-order valence-corrected chi connectivity index (χ4v) is 6.27. The van der Waals surface area contributed by atoms with E-state index >= 15 is 0 Å². The summed E-state index contributed by atoms with van der Waals surface area (Å²) in [5, 5.41) is 12.6. The van der Waals surface area contributed by atoms with E-state index in [1.54, 1.807) is 56.9 Å². The third-order valence-corrected chi connectivity index (χ3v) is 8.80. The van der Waals surface area contributed by atoms with Gasteiger partial charge in [-0.1, -0.05) is 37.6 Å². The number of carbonyl (C=O) groups excluding carboxylic acids is 3. The predicted octanol–water partition coefficient (Wildman–Crippen LogP) is 5.63. The molecule has 4 amide bonds. The van der Waals surface area contributed by atoms with Crippen LogP contribution >= 0.6 is 0 Å². The molecule has 2 fully saturated rings. The van der Waals surface area contributed by atoms with Crippen molar-refractivity contribution >= 4 is 23.5 Å². The number of hydrogen-bond acceptors (Lipinski definition) is 6. The van der Waals surface area contributed by atoms with Crippen molar-refractivity contribution in [2.45, 2.75) is 96.1 Å². The van der Waals surface area contributed by atoms with Gasteiger partial charge >= 0.3 is 18.4 Å². The molecule has 3 atom stereocenters. The third-order valence-electron chi connectivity index (χ3n) is 8.80. The summed E-state index contributed by atoms with van der Waals surface area (Å²) in [5.74, 6) is -0.624. The van der Waals surface area contributed by atoms with E-state index in [1.807, 2.05) is 13.8 Å². The van der Waals surface area contributed by atoms with Crippen LogP contribution in [-0.2, 0) is 27.1 Å². The fourth-order valence-electron chi connectivity index (χ4n) is 6.27. The number of imide groups is 1. The molecule has 0 aliphatic carbocycles. The molecule has 4 rings (SSSR count). The zero-order chi connectivity index (χ0) is 36.0. The van der Waals surface area contributed by atoms with Crippen LogP contribution < -0.4 is 15.0 Å². The van der Waals surface area contributed by atoms with E-state index in [2.05, 4.69) is 5.32 Å². The Kier molecular flexibility index (Phi) is 10.1. The van der Waals surface area contributed by atoms with Crippen molar-refractivity contribution in [3.63, 3.8) is 0 Å². The molecule has 1 unspecified atom stereocenters. The van der Waals surface area contributed by atoms with Crippen LogP contribution in [0.2, 0.25) is 0 Å². The van der Waals surface area contributed by atoms with Gasteiger partial charge in [0.25, 0.3) is 11.5 Å². The Morgan fingerprint density at radius 1 is 1.02 bits per heavy atom. The molecule has 0 spiro atoms. The Balaban J connectivity index is 1.53. The van der Waals surface area contributed by atoms with Crippen LogP contribution in [0.25, 0.3) is 0 Å². The molecular weight excluding hydrogens is 646 g/mol. The SMILES string of the molecule is CCCc1cc(C(O)(C(F)(F)F)C(F)(F)F)ccc1N1C[C@@H](C)N(C(=O)CN2C(=O)NC(C)(c3cccc(OC(C)C)c3)C2=O)C[C@@H]1C. The maximum atomic E-state index is 13.6. The van der Waals surface area contributed by atoms with E-state index in [0.29, 0.717) is 29.5 Å². The summed E-state index contributed by atoms with van der Waals surface area (Å²) >= 11 is 0. The molecule has 0 radical (unpaired) electrons. The van der Waals surface area contributed by atoms with Gasteiger partial charge in [-0.25, -0.2) is 4.79 Å². The summed E-state index contributed by atoms with van der Waals surface area (Å²) in [6.45, 7) is 10.1. The lowest BCUT2D eigenvalue weighted by atomic mass is 9.89. The molecule has 2 aliphatic rings. The molecule has 2 heterocycles. The van der Waals surface area contributed by atoms with Crippen LogP contribution in [0, 0.1) is 0 Å². The molecule has 2 aliphatic heterocycles. The highest BCUT2D eigenvalue weighted by Gasteiger charge is 2.71. The molecule has 2 aromatic rings. The van der Waals surface area contributed by atoms with E-state index in [9.17, 15) is 45.8 Å². The minimum Gasteiger partial charge on any atom is -0.491 e. The summed E-state index contributed by atoms with van der Waals surface area (Å²) in [4.78, 5) is 44.2. The van der Waals surface area contributed by atoms with Gasteiger partial charge in [0.1, 0.15) is 17.8 Å². The molecule has 0 bridgehead atoms. The molecule has 15 heteroatoms. The topological polar surface area (TPSA) is 102 Å². The monoisotopic (exact) mass is 686 g/mol. The number of piperazine rings is 1. The first-order chi connectivity index (χ1) is 22.1. The van der Waals surface area contributed by atoms with Gasteiger partial charge in [-0.05, 0) is 70.4 Å². The van der Waals surface area contributed by atoms with Gasteiger partial charge in [-0.2, -0.15) is 26.3 Å². The van der Waals surface area contributed by atoms with Crippen LogP contribution in [0.1, 0.15) is 64.7 Å². The van der Waals surface area contributed by atoms with Crippen molar-refractivity contribution in [3.05, 3.63) is 59.2 Å². The van der Waals surface area contributed by atoms with Crippen LogP contribution in [0.3, 0.4) is 0 Å². The summed E-state index contributed by atoms with van der Waals surface area (Å²) < 4.78 is 87.3. The number of benzene rings is 2. The largest absolute Gasteiger partial charge is 0.491 e. The molecule has 2 N–H and O–H groups in total. The van der Waals surface area contributed by atoms with E-state index in [0.717, 1.165) is 17.0 Å². The number of anilines is 1. The van der Waals surface area contributed by atoms with Crippen molar-refractivity contribution < 1.29 is 50.6 Å². The highest BCUT2D eigenvalue weighted by atomic mass is 19.4. The summed E-state index contributed by atoms with van der Waals surface area (Å²) in [5.41, 5.74) is -6.79. The Morgan fingerprint density at radius 2 is 1.67 bits per heavy atom. The maximum absolute atomic E-state index is 13.6. The number of ether oxygens (including phenoxy) is 1. The van der Waals surface area contributed by atoms with Gasteiger partial charge in [0.15, 0.2) is 0 Å². The Hall–Kier alpha value is -4.01. The number of amides is 4. The van der Waals surface area contributed by atoms with Gasteiger partial charge in [0.2, 0.25) is 5.91 Å². The summed E-state index contributed by atoms with van der Waals surface area (Å²) in [6, 6.07) is 7.55. The van der Waals surface area contributed by atoms with Crippen LogP contribution in [0.15, 0.2) is 42.5 Å². The van der Waals surface area contributed by atoms with E-state index in [4.69, 9.17) is 4.74 Å². The quantitative estimate of drug-likeness (QED) is 0.262. The number of hydrogen-bond donors (Lipinski definition) is 2. The number of nitrogens with one attached hydrogen (secondary N) is 1. The lowest BCUT2D eigenvalue weighted by Crippen LogP contribution is -2.60. The van der Waals surface area contributed by atoms with Crippen molar-refractivity contribution in [2.75, 3.05) is 24.5 Å². The summed E-state index contributed by atoms with van der Waals surface area (Å²) in [6.07, 6.45) is -11.6. The second-order valence-electron chi connectivity index (χ2n) is 12.8. The second-order valence-corrected chi connectivity index (χ2v) is 12.8. The number of urea groups is 1. The molecular formula is C33H40F6N4O5.